The van der Waals surface area contributed by atoms with Crippen LogP contribution in [-0.4, -0.2) is 51.5 Å². The highest BCUT2D eigenvalue weighted by atomic mass is 32.1. The smallest absolute Gasteiger partial charge is 0.316 e. The molecule has 1 N–H and O–H groups in total. The van der Waals surface area contributed by atoms with Crippen LogP contribution in [0.3, 0.4) is 0 Å². The van der Waals surface area contributed by atoms with Gasteiger partial charge in [-0.15, -0.1) is 11.3 Å². The number of benzene rings is 1. The monoisotopic (exact) mass is 485 g/mol. The van der Waals surface area contributed by atoms with E-state index >= 15 is 0 Å². The fraction of sp³-hybridized carbons (Fsp3) is 0.227. The van der Waals surface area contributed by atoms with E-state index in [4.69, 9.17) is 17.0 Å². The van der Waals surface area contributed by atoms with Crippen molar-refractivity contribution >= 4 is 51.9 Å². The molecule has 33 heavy (non-hydrogen) atoms. The first kappa shape index (κ1) is 22.7. The van der Waals surface area contributed by atoms with Crippen molar-refractivity contribution in [2.45, 2.75) is 18.9 Å². The fourth-order valence-corrected chi connectivity index (χ4v) is 4.59. The largest absolute Gasteiger partial charge is 0.467 e. The van der Waals surface area contributed by atoms with Crippen LogP contribution in [0.4, 0.5) is 15.8 Å². The van der Waals surface area contributed by atoms with Gasteiger partial charge in [0, 0.05) is 11.4 Å². The summed E-state index contributed by atoms with van der Waals surface area (Å²) >= 11 is 7.22. The van der Waals surface area contributed by atoms with Crippen molar-refractivity contribution in [1.82, 2.24) is 14.9 Å². The normalized spacial score (nSPS) is 15.8. The number of amides is 2. The maximum Gasteiger partial charge on any atom is 0.316 e. The summed E-state index contributed by atoms with van der Waals surface area (Å²) in [6, 6.07) is 8.88. The van der Waals surface area contributed by atoms with E-state index in [0.29, 0.717) is 24.3 Å². The molecule has 0 spiro atoms. The molecule has 0 aliphatic carbocycles. The Bertz CT molecular complexity index is 1140. The third-order valence-corrected chi connectivity index (χ3v) is 6.41. The standard InChI is InChI=1S/C22H20FN5O3S2/c1-31-21-24-12-15(13-25-21)26-19(29)11-18-20(30)28(16-6-4-14(23)5-7-16)22(32)27(18)9-8-17-3-2-10-33-17/h2-7,10,12-13,18H,8-9,11H2,1H3,(H,26,29). The van der Waals surface area contributed by atoms with Gasteiger partial charge in [0.25, 0.3) is 5.91 Å². The van der Waals surface area contributed by atoms with Crippen LogP contribution in [0.2, 0.25) is 0 Å². The molecule has 1 aliphatic rings. The number of thiocarbonyl (C=S) groups is 1. The average molecular weight is 486 g/mol. The molecule has 0 radical (unpaired) electrons. The minimum atomic E-state index is -0.790. The highest BCUT2D eigenvalue weighted by molar-refractivity contribution is 7.80. The van der Waals surface area contributed by atoms with Crippen molar-refractivity contribution in [3.05, 3.63) is 64.9 Å². The lowest BCUT2D eigenvalue weighted by molar-refractivity contribution is -0.124. The Labute approximate surface area is 199 Å². The summed E-state index contributed by atoms with van der Waals surface area (Å²) in [5.41, 5.74) is 0.841. The number of carbonyl (C=O) groups excluding carboxylic acids is 2. The molecule has 0 bridgehead atoms. The number of anilines is 2. The number of hydrogen-bond donors (Lipinski definition) is 1. The summed E-state index contributed by atoms with van der Waals surface area (Å²) in [7, 11) is 1.44. The molecule has 3 heterocycles. The van der Waals surface area contributed by atoms with E-state index in [0.717, 1.165) is 4.88 Å². The maximum absolute atomic E-state index is 13.4. The van der Waals surface area contributed by atoms with Gasteiger partial charge < -0.3 is 15.0 Å². The molecule has 8 nitrogen and oxygen atoms in total. The molecular weight excluding hydrogens is 465 g/mol. The van der Waals surface area contributed by atoms with Crippen molar-refractivity contribution in [2.75, 3.05) is 23.9 Å². The molecule has 1 atom stereocenters. The number of nitrogens with one attached hydrogen (secondary N) is 1. The van der Waals surface area contributed by atoms with Crippen LogP contribution < -0.4 is 15.0 Å². The van der Waals surface area contributed by atoms with Crippen LogP contribution in [0.1, 0.15) is 11.3 Å². The second-order valence-electron chi connectivity index (χ2n) is 7.18. The molecule has 2 amide bonds. The summed E-state index contributed by atoms with van der Waals surface area (Å²) in [6.45, 7) is 0.465. The Hall–Kier alpha value is -3.44. The lowest BCUT2D eigenvalue weighted by atomic mass is 10.1. The first-order valence-electron chi connectivity index (χ1n) is 10.0. The molecule has 1 saturated heterocycles. The van der Waals surface area contributed by atoms with Gasteiger partial charge in [-0.05, 0) is 54.4 Å². The SMILES string of the molecule is COc1ncc(NC(=O)CC2C(=O)N(c3ccc(F)cc3)C(=S)N2CCc2cccs2)cn1. The molecular formula is C22H20FN5O3S2. The molecule has 1 aliphatic heterocycles. The summed E-state index contributed by atoms with van der Waals surface area (Å²) in [5.74, 6) is -1.13. The summed E-state index contributed by atoms with van der Waals surface area (Å²) in [4.78, 5) is 38.3. The Morgan fingerprint density at radius 3 is 2.61 bits per heavy atom. The van der Waals surface area contributed by atoms with E-state index in [1.807, 2.05) is 17.5 Å². The van der Waals surface area contributed by atoms with E-state index in [-0.39, 0.29) is 29.4 Å². The Kier molecular flexibility index (Phi) is 6.90. The molecule has 1 fully saturated rings. The van der Waals surface area contributed by atoms with Gasteiger partial charge in [-0.3, -0.25) is 14.5 Å². The lowest BCUT2D eigenvalue weighted by Gasteiger charge is -2.23. The van der Waals surface area contributed by atoms with Crippen LogP contribution in [0.15, 0.2) is 54.2 Å². The predicted molar refractivity (Wildman–Crippen MR) is 127 cm³/mol. The highest BCUT2D eigenvalue weighted by Crippen LogP contribution is 2.28. The predicted octanol–water partition coefficient (Wildman–Crippen LogP) is 3.26. The minimum absolute atomic E-state index is 0.118. The van der Waals surface area contributed by atoms with E-state index < -0.39 is 11.9 Å². The highest BCUT2D eigenvalue weighted by Gasteiger charge is 2.43. The van der Waals surface area contributed by atoms with Crippen LogP contribution in [0.25, 0.3) is 0 Å². The summed E-state index contributed by atoms with van der Waals surface area (Å²) < 4.78 is 18.3. The minimum Gasteiger partial charge on any atom is -0.467 e. The van der Waals surface area contributed by atoms with Gasteiger partial charge in [-0.25, -0.2) is 14.4 Å². The van der Waals surface area contributed by atoms with Gasteiger partial charge in [0.05, 0.1) is 37.3 Å². The summed E-state index contributed by atoms with van der Waals surface area (Å²) in [6.07, 6.45) is 3.40. The zero-order valence-electron chi connectivity index (χ0n) is 17.6. The van der Waals surface area contributed by atoms with Gasteiger partial charge in [0.2, 0.25) is 5.91 Å². The number of thiophene rings is 1. The van der Waals surface area contributed by atoms with Gasteiger partial charge >= 0.3 is 6.01 Å². The first-order valence-corrected chi connectivity index (χ1v) is 11.3. The topological polar surface area (TPSA) is 87.7 Å². The fourth-order valence-electron chi connectivity index (χ4n) is 3.47. The van der Waals surface area contributed by atoms with Gasteiger partial charge in [-0.1, -0.05) is 6.07 Å². The third-order valence-electron chi connectivity index (χ3n) is 5.06. The molecule has 0 saturated carbocycles. The first-order chi connectivity index (χ1) is 16.0. The van der Waals surface area contributed by atoms with E-state index in [1.54, 1.807) is 16.2 Å². The lowest BCUT2D eigenvalue weighted by Crippen LogP contribution is -2.39. The van der Waals surface area contributed by atoms with Crippen molar-refractivity contribution in [3.63, 3.8) is 0 Å². The number of aromatic nitrogens is 2. The Balaban J connectivity index is 1.53. The molecule has 2 aromatic heterocycles. The quantitative estimate of drug-likeness (QED) is 0.490. The molecule has 11 heteroatoms. The van der Waals surface area contributed by atoms with Crippen molar-refractivity contribution in [2.24, 2.45) is 0 Å². The number of hydrogen-bond acceptors (Lipinski definition) is 7. The number of methoxy groups -OCH3 is 1. The van der Waals surface area contributed by atoms with Crippen molar-refractivity contribution in [3.8, 4) is 6.01 Å². The van der Waals surface area contributed by atoms with Gasteiger partial charge in [-0.2, -0.15) is 0 Å². The van der Waals surface area contributed by atoms with E-state index in [2.05, 4.69) is 15.3 Å². The van der Waals surface area contributed by atoms with Crippen LogP contribution in [0.5, 0.6) is 6.01 Å². The second-order valence-corrected chi connectivity index (χ2v) is 8.58. The number of carbonyl (C=O) groups is 2. The number of rotatable bonds is 8. The van der Waals surface area contributed by atoms with E-state index in [1.165, 1.54) is 48.7 Å². The number of ether oxygens (including phenoxy) is 1. The van der Waals surface area contributed by atoms with Crippen LogP contribution >= 0.6 is 23.6 Å². The van der Waals surface area contributed by atoms with Gasteiger partial charge in [0.1, 0.15) is 11.9 Å². The van der Waals surface area contributed by atoms with Crippen LogP contribution in [-0.2, 0) is 16.0 Å². The van der Waals surface area contributed by atoms with Crippen LogP contribution in [0, 0.1) is 5.82 Å². The Morgan fingerprint density at radius 1 is 1.24 bits per heavy atom. The second kappa shape index (κ2) is 10.0. The summed E-state index contributed by atoms with van der Waals surface area (Å²) in [5, 5.41) is 4.97. The molecule has 1 aromatic carbocycles. The zero-order valence-corrected chi connectivity index (χ0v) is 19.2. The number of halogens is 1. The Morgan fingerprint density at radius 2 is 1.97 bits per heavy atom. The maximum atomic E-state index is 13.4. The molecule has 4 rings (SSSR count). The van der Waals surface area contributed by atoms with Gasteiger partial charge in [0.15, 0.2) is 5.11 Å². The average Bonchev–Trinajstić information content (AvgIpc) is 3.41. The number of nitrogens with zero attached hydrogens (tertiary/aromatic N) is 4. The van der Waals surface area contributed by atoms with Crippen molar-refractivity contribution < 1.29 is 18.7 Å². The van der Waals surface area contributed by atoms with E-state index in [9.17, 15) is 14.0 Å². The molecule has 1 unspecified atom stereocenters. The molecule has 3 aromatic rings. The molecule has 170 valence electrons. The third kappa shape index (κ3) is 5.15. The van der Waals surface area contributed by atoms with Crippen molar-refractivity contribution in [1.29, 1.82) is 0 Å². The zero-order chi connectivity index (χ0) is 23.4.